The molecule has 0 saturated carbocycles. The molecular formula is C8H9NOW. The summed E-state index contributed by atoms with van der Waals surface area (Å²) in [6.07, 6.45) is 2.66. The maximum atomic E-state index is 9.34. The first-order valence-electron chi connectivity index (χ1n) is 3.43. The van der Waals surface area contributed by atoms with Crippen LogP contribution in [0.4, 0.5) is 0 Å². The number of hydrogen-bond donors (Lipinski definition) is 1. The Morgan fingerprint density at radius 1 is 1.73 bits per heavy atom. The van der Waals surface area contributed by atoms with Gasteiger partial charge in [0.25, 0.3) is 0 Å². The molecule has 3 heteroatoms. The predicted molar refractivity (Wildman–Crippen MR) is 40.3 cm³/mol. The van der Waals surface area contributed by atoms with Crippen LogP contribution in [-0.4, -0.2) is 14.0 Å². The first-order chi connectivity index (χ1) is 5.25. The van der Waals surface area contributed by atoms with E-state index in [0.29, 0.717) is 5.75 Å². The van der Waals surface area contributed by atoms with Crippen LogP contribution in [-0.2, 0) is 19.4 Å². The summed E-state index contributed by atoms with van der Waals surface area (Å²) in [5.41, 5.74) is 0.755. The van der Waals surface area contributed by atoms with Gasteiger partial charge in [-0.15, -0.1) is 0 Å². The van der Waals surface area contributed by atoms with E-state index in [0.717, 1.165) is 12.1 Å². The molecule has 1 N–H and O–H groups in total. The molecule has 1 rings (SSSR count). The van der Waals surface area contributed by atoms with Crippen LogP contribution in [0.25, 0.3) is 0 Å². The van der Waals surface area contributed by atoms with Crippen molar-refractivity contribution in [2.24, 2.45) is 0 Å². The third kappa shape index (κ3) is 1.97. The maximum absolute atomic E-state index is 9.34. The molecule has 0 aliphatic rings. The van der Waals surface area contributed by atoms with E-state index in [1.807, 2.05) is 0 Å². The van der Waals surface area contributed by atoms with Gasteiger partial charge in [-0.2, -0.15) is 0 Å². The molecule has 58 valence electrons. The summed E-state index contributed by atoms with van der Waals surface area (Å²) in [4.78, 5) is 4.08. The van der Waals surface area contributed by atoms with Gasteiger partial charge in [0.1, 0.15) is 0 Å². The fourth-order valence-corrected chi connectivity index (χ4v) is 1.34. The molecule has 1 heterocycles. The van der Waals surface area contributed by atoms with Gasteiger partial charge in [-0.1, -0.05) is 0 Å². The number of pyridine rings is 1. The van der Waals surface area contributed by atoms with E-state index < -0.39 is 0 Å². The molecule has 0 spiro atoms. The van der Waals surface area contributed by atoms with Gasteiger partial charge < -0.3 is 0 Å². The minimum absolute atomic E-state index is 0.291. The molecule has 1 aromatic heterocycles. The Morgan fingerprint density at radius 2 is 2.45 bits per heavy atom. The molecule has 1 aromatic rings. The van der Waals surface area contributed by atoms with Crippen LogP contribution in [0.3, 0.4) is 0 Å². The normalized spacial score (nSPS) is 9.55. The second kappa shape index (κ2) is 3.77. The van der Waals surface area contributed by atoms with Crippen molar-refractivity contribution in [3.8, 4) is 5.75 Å². The van der Waals surface area contributed by atoms with E-state index in [-0.39, 0.29) is 0 Å². The van der Waals surface area contributed by atoms with Gasteiger partial charge in [0.2, 0.25) is 0 Å². The second-order valence-electron chi connectivity index (χ2n) is 2.15. The number of hydrogen-bond acceptors (Lipinski definition) is 2. The van der Waals surface area contributed by atoms with Gasteiger partial charge in [-0.3, -0.25) is 0 Å². The van der Waals surface area contributed by atoms with Crippen LogP contribution < -0.4 is 0 Å². The average molecular weight is 319 g/mol. The molecule has 2 nitrogen and oxygen atoms in total. The van der Waals surface area contributed by atoms with Gasteiger partial charge in [0.15, 0.2) is 0 Å². The standard InChI is InChI=1S/C8H9NO.W/c1-2-4-7-8(10)5-3-6-9-7;/h3,5-6,10H,2H2,1H3;. The molecule has 0 amide bonds. The Labute approximate surface area is 76.7 Å². The van der Waals surface area contributed by atoms with Crippen molar-refractivity contribution >= 4 is 3.90 Å². The van der Waals surface area contributed by atoms with E-state index in [4.69, 9.17) is 0 Å². The number of aromatic nitrogens is 1. The van der Waals surface area contributed by atoms with Crippen molar-refractivity contribution in [1.82, 2.24) is 4.98 Å². The van der Waals surface area contributed by atoms with E-state index in [1.54, 1.807) is 18.3 Å². The Kier molecular flexibility index (Phi) is 2.95. The fourth-order valence-electron chi connectivity index (χ4n) is 0.779. The zero-order valence-electron chi connectivity index (χ0n) is 6.24. The van der Waals surface area contributed by atoms with Crippen LogP contribution in [0.1, 0.15) is 19.0 Å². The summed E-state index contributed by atoms with van der Waals surface area (Å²) in [6.45, 7) is 2.07. The first kappa shape index (κ1) is 8.60. The summed E-state index contributed by atoms with van der Waals surface area (Å²) >= 11 is 1.37. The van der Waals surface area contributed by atoms with E-state index in [9.17, 15) is 5.11 Å². The van der Waals surface area contributed by atoms with Crippen LogP contribution in [0.5, 0.6) is 5.75 Å². The minimum atomic E-state index is 0.291. The van der Waals surface area contributed by atoms with Crippen molar-refractivity contribution in [2.75, 3.05) is 0 Å². The Bertz CT molecular complexity index is 273. The van der Waals surface area contributed by atoms with Gasteiger partial charge in [0, 0.05) is 0 Å². The molecule has 0 unspecified atom stereocenters. The van der Waals surface area contributed by atoms with E-state index >= 15 is 0 Å². The van der Waals surface area contributed by atoms with Gasteiger partial charge in [-0.25, -0.2) is 0 Å². The number of nitrogens with zero attached hydrogens (tertiary/aromatic N) is 1. The summed E-state index contributed by atoms with van der Waals surface area (Å²) in [6, 6.07) is 3.40. The molecule has 0 aromatic carbocycles. The quantitative estimate of drug-likeness (QED) is 0.890. The van der Waals surface area contributed by atoms with Gasteiger partial charge in [-0.05, 0) is 0 Å². The summed E-state index contributed by atoms with van der Waals surface area (Å²) < 4.78 is 1.20. The SMILES string of the molecule is CC[C](=[W])c1ncccc1O. The fraction of sp³-hybridized carbons (Fsp3) is 0.250. The molecular weight excluding hydrogens is 310 g/mol. The van der Waals surface area contributed by atoms with Crippen molar-refractivity contribution in [1.29, 1.82) is 0 Å². The zero-order chi connectivity index (χ0) is 8.27. The molecule has 0 aliphatic carbocycles. The molecule has 0 radical (unpaired) electrons. The summed E-state index contributed by atoms with van der Waals surface area (Å²) in [7, 11) is 0. The third-order valence-electron chi connectivity index (χ3n) is 1.37. The number of aromatic hydroxyl groups is 1. The Hall–Kier alpha value is -0.492. The molecule has 0 atom stereocenters. The van der Waals surface area contributed by atoms with E-state index in [1.165, 1.54) is 23.3 Å². The van der Waals surface area contributed by atoms with Gasteiger partial charge >= 0.3 is 76.5 Å². The predicted octanol–water partition coefficient (Wildman–Crippen LogP) is 1.26. The molecule has 11 heavy (non-hydrogen) atoms. The second-order valence-corrected chi connectivity index (χ2v) is 3.92. The summed E-state index contributed by atoms with van der Waals surface area (Å²) in [5, 5.41) is 9.34. The zero-order valence-corrected chi connectivity index (χ0v) is 9.18. The molecule has 0 bridgehead atoms. The number of rotatable bonds is 2. The molecule has 0 fully saturated rings. The topological polar surface area (TPSA) is 33.1 Å². The monoisotopic (exact) mass is 319 g/mol. The Balaban J connectivity index is 3.03. The third-order valence-corrected chi connectivity index (χ3v) is 3.10. The summed E-state index contributed by atoms with van der Waals surface area (Å²) in [5.74, 6) is 0.291. The van der Waals surface area contributed by atoms with Crippen LogP contribution in [0.15, 0.2) is 18.3 Å². The molecule has 0 saturated heterocycles. The van der Waals surface area contributed by atoms with E-state index in [2.05, 4.69) is 11.9 Å². The molecule has 0 aliphatic heterocycles. The van der Waals surface area contributed by atoms with Crippen molar-refractivity contribution < 1.29 is 24.5 Å². The van der Waals surface area contributed by atoms with Crippen LogP contribution >= 0.6 is 0 Å². The van der Waals surface area contributed by atoms with Crippen LogP contribution in [0.2, 0.25) is 0 Å². The van der Waals surface area contributed by atoms with Crippen LogP contribution in [0, 0.1) is 0 Å². The van der Waals surface area contributed by atoms with Gasteiger partial charge in [0.05, 0.1) is 0 Å². The van der Waals surface area contributed by atoms with Crippen molar-refractivity contribution in [3.05, 3.63) is 24.0 Å². The van der Waals surface area contributed by atoms with Crippen molar-refractivity contribution in [3.63, 3.8) is 0 Å². The van der Waals surface area contributed by atoms with Crippen molar-refractivity contribution in [2.45, 2.75) is 13.3 Å². The average Bonchev–Trinajstić information content (AvgIpc) is 2.04. The Morgan fingerprint density at radius 3 is 3.00 bits per heavy atom. The first-order valence-corrected chi connectivity index (χ1v) is 4.89.